The number of nitrogens with zero attached hydrogens (tertiary/aromatic N) is 1. The molecule has 0 saturated carbocycles. The largest absolute Gasteiger partial charge is 0.416 e. The summed E-state index contributed by atoms with van der Waals surface area (Å²) in [5.74, 6) is 0. The third-order valence-electron chi connectivity index (χ3n) is 2.47. The first-order chi connectivity index (χ1) is 8.08. The minimum absolute atomic E-state index is 0.0919. The van der Waals surface area contributed by atoms with Gasteiger partial charge in [0.2, 0.25) is 0 Å². The summed E-state index contributed by atoms with van der Waals surface area (Å²) in [6, 6.07) is 0.213. The molecule has 0 aliphatic heterocycles. The Morgan fingerprint density at radius 1 is 1.11 bits per heavy atom. The summed E-state index contributed by atoms with van der Waals surface area (Å²) >= 11 is 0. The minimum Gasteiger partial charge on any atom is -0.389 e. The van der Waals surface area contributed by atoms with Gasteiger partial charge in [-0.25, -0.2) is 8.78 Å². The van der Waals surface area contributed by atoms with Crippen LogP contribution in [-0.2, 0) is 4.74 Å². The Morgan fingerprint density at radius 2 is 1.56 bits per heavy atom. The monoisotopic (exact) mass is 275 g/mol. The Balaban J connectivity index is 4.22. The summed E-state index contributed by atoms with van der Waals surface area (Å²) in [6.07, 6.45) is -9.64. The van der Waals surface area contributed by atoms with E-state index in [-0.39, 0.29) is 18.6 Å². The van der Waals surface area contributed by atoms with Crippen molar-refractivity contribution >= 4 is 0 Å². The molecule has 1 atom stereocenters. The smallest absolute Gasteiger partial charge is 0.389 e. The summed E-state index contributed by atoms with van der Waals surface area (Å²) in [7, 11) is 0. The molecule has 1 unspecified atom stereocenters. The lowest BCUT2D eigenvalue weighted by molar-refractivity contribution is -0.307. The summed E-state index contributed by atoms with van der Waals surface area (Å²) in [4.78, 5) is 1.86. The molecule has 0 radical (unpaired) electrons. The molecule has 110 valence electrons. The van der Waals surface area contributed by atoms with E-state index in [1.807, 2.05) is 32.6 Å². The number of aliphatic hydroxyl groups excluding tert-OH is 1. The van der Waals surface area contributed by atoms with Crippen molar-refractivity contribution in [2.24, 2.45) is 0 Å². The number of rotatable bonds is 8. The number of alkyl halides is 4. The maximum atomic E-state index is 12.5. The number of hydrogen-bond donors (Lipinski definition) is 1. The van der Waals surface area contributed by atoms with Crippen LogP contribution < -0.4 is 0 Å². The first-order valence-corrected chi connectivity index (χ1v) is 5.81. The fourth-order valence-electron chi connectivity index (χ4n) is 1.58. The lowest BCUT2D eigenvalue weighted by Gasteiger charge is -2.32. The molecule has 0 aromatic heterocycles. The highest BCUT2D eigenvalue weighted by molar-refractivity contribution is 4.72. The zero-order valence-electron chi connectivity index (χ0n) is 11.0. The third kappa shape index (κ3) is 5.97. The van der Waals surface area contributed by atoms with Gasteiger partial charge in [0.05, 0.1) is 12.7 Å². The SMILES string of the molecule is CC(C)N(CC(O)COC(F)(F)C(F)F)C(C)C. The molecule has 3 nitrogen and oxygen atoms in total. The van der Waals surface area contributed by atoms with Crippen LogP contribution >= 0.6 is 0 Å². The fourth-order valence-corrected chi connectivity index (χ4v) is 1.58. The van der Waals surface area contributed by atoms with Gasteiger partial charge in [0.1, 0.15) is 0 Å². The van der Waals surface area contributed by atoms with E-state index in [1.54, 1.807) is 0 Å². The fraction of sp³-hybridized carbons (Fsp3) is 1.00. The zero-order chi connectivity index (χ0) is 14.5. The maximum Gasteiger partial charge on any atom is 0.416 e. The molecule has 7 heteroatoms. The Labute approximate surface area is 105 Å². The quantitative estimate of drug-likeness (QED) is 0.690. The number of aliphatic hydroxyl groups is 1. The molecule has 0 spiro atoms. The van der Waals surface area contributed by atoms with Gasteiger partial charge in [-0.1, -0.05) is 0 Å². The molecule has 0 aromatic carbocycles. The highest BCUT2D eigenvalue weighted by Crippen LogP contribution is 2.24. The van der Waals surface area contributed by atoms with Gasteiger partial charge in [0, 0.05) is 18.6 Å². The van der Waals surface area contributed by atoms with Gasteiger partial charge < -0.3 is 9.84 Å². The highest BCUT2D eigenvalue weighted by atomic mass is 19.3. The van der Waals surface area contributed by atoms with E-state index >= 15 is 0 Å². The Bertz CT molecular complexity index is 229. The second-order valence-electron chi connectivity index (χ2n) is 4.71. The van der Waals surface area contributed by atoms with E-state index < -0.39 is 25.2 Å². The molecule has 1 N–H and O–H groups in total. The molecular formula is C11H21F4NO2. The molecule has 0 aromatic rings. The Morgan fingerprint density at radius 3 is 1.89 bits per heavy atom. The summed E-state index contributed by atoms with van der Waals surface area (Å²) in [6.45, 7) is 6.83. The predicted molar refractivity (Wildman–Crippen MR) is 59.9 cm³/mol. The molecule has 0 heterocycles. The topological polar surface area (TPSA) is 32.7 Å². The maximum absolute atomic E-state index is 12.5. The van der Waals surface area contributed by atoms with Crippen molar-refractivity contribution in [3.63, 3.8) is 0 Å². The molecule has 18 heavy (non-hydrogen) atoms. The second kappa shape index (κ2) is 7.25. The minimum atomic E-state index is -4.51. The van der Waals surface area contributed by atoms with Gasteiger partial charge >= 0.3 is 12.5 Å². The first kappa shape index (κ1) is 17.6. The Hall–Kier alpha value is -0.400. The van der Waals surface area contributed by atoms with Crippen LogP contribution in [0.4, 0.5) is 17.6 Å². The van der Waals surface area contributed by atoms with Crippen molar-refractivity contribution in [2.45, 2.75) is 58.4 Å². The van der Waals surface area contributed by atoms with E-state index in [0.29, 0.717) is 0 Å². The second-order valence-corrected chi connectivity index (χ2v) is 4.71. The van der Waals surface area contributed by atoms with E-state index in [0.717, 1.165) is 0 Å². The zero-order valence-corrected chi connectivity index (χ0v) is 11.0. The first-order valence-electron chi connectivity index (χ1n) is 5.81. The van der Waals surface area contributed by atoms with Crippen LogP contribution in [0.3, 0.4) is 0 Å². The number of halogens is 4. The Kier molecular flexibility index (Phi) is 7.09. The number of hydrogen-bond acceptors (Lipinski definition) is 3. The summed E-state index contributed by atoms with van der Waals surface area (Å²) in [5.41, 5.74) is 0. The van der Waals surface area contributed by atoms with Crippen molar-refractivity contribution in [3.8, 4) is 0 Å². The number of ether oxygens (including phenoxy) is 1. The summed E-state index contributed by atoms with van der Waals surface area (Å²) < 4.78 is 52.3. The van der Waals surface area contributed by atoms with Crippen molar-refractivity contribution in [3.05, 3.63) is 0 Å². The van der Waals surface area contributed by atoms with Gasteiger partial charge in [-0.15, -0.1) is 0 Å². The van der Waals surface area contributed by atoms with Crippen molar-refractivity contribution in [2.75, 3.05) is 13.2 Å². The van der Waals surface area contributed by atoms with Crippen LogP contribution in [0, 0.1) is 0 Å². The van der Waals surface area contributed by atoms with Gasteiger partial charge in [-0.2, -0.15) is 8.78 Å². The van der Waals surface area contributed by atoms with Crippen LogP contribution in [0.5, 0.6) is 0 Å². The normalized spacial score (nSPS) is 15.2. The van der Waals surface area contributed by atoms with E-state index in [9.17, 15) is 22.7 Å². The van der Waals surface area contributed by atoms with Gasteiger partial charge in [-0.3, -0.25) is 4.90 Å². The molecule has 0 fully saturated rings. The molecule has 0 bridgehead atoms. The van der Waals surface area contributed by atoms with Crippen molar-refractivity contribution < 1.29 is 27.4 Å². The van der Waals surface area contributed by atoms with Crippen molar-refractivity contribution in [1.82, 2.24) is 4.90 Å². The van der Waals surface area contributed by atoms with Crippen molar-refractivity contribution in [1.29, 1.82) is 0 Å². The molecule has 0 aliphatic rings. The van der Waals surface area contributed by atoms with E-state index in [4.69, 9.17) is 0 Å². The van der Waals surface area contributed by atoms with E-state index in [2.05, 4.69) is 4.74 Å². The predicted octanol–water partition coefficient (Wildman–Crippen LogP) is 2.34. The van der Waals surface area contributed by atoms with Crippen LogP contribution in [0.2, 0.25) is 0 Å². The average Bonchev–Trinajstić information content (AvgIpc) is 2.22. The summed E-state index contributed by atoms with van der Waals surface area (Å²) in [5, 5.41) is 9.52. The lowest BCUT2D eigenvalue weighted by Crippen LogP contribution is -2.44. The van der Waals surface area contributed by atoms with E-state index in [1.165, 1.54) is 0 Å². The van der Waals surface area contributed by atoms with Crippen LogP contribution in [-0.4, -0.2) is 53.9 Å². The van der Waals surface area contributed by atoms with Crippen LogP contribution in [0.25, 0.3) is 0 Å². The molecule has 0 rings (SSSR count). The van der Waals surface area contributed by atoms with Crippen LogP contribution in [0.1, 0.15) is 27.7 Å². The lowest BCUT2D eigenvalue weighted by atomic mass is 10.2. The molecular weight excluding hydrogens is 254 g/mol. The molecule has 0 aliphatic carbocycles. The average molecular weight is 275 g/mol. The third-order valence-corrected chi connectivity index (χ3v) is 2.47. The van der Waals surface area contributed by atoms with Gasteiger partial charge in [-0.05, 0) is 27.7 Å². The highest BCUT2D eigenvalue weighted by Gasteiger charge is 2.42. The van der Waals surface area contributed by atoms with Gasteiger partial charge in [0.25, 0.3) is 0 Å². The standard InChI is InChI=1S/C11H21F4NO2/c1-7(2)16(8(3)4)5-9(17)6-18-11(14,15)10(12)13/h7-10,17H,5-6H2,1-4H3. The molecule has 0 saturated heterocycles. The molecule has 0 amide bonds. The van der Waals surface area contributed by atoms with Crippen LogP contribution in [0.15, 0.2) is 0 Å². The van der Waals surface area contributed by atoms with Gasteiger partial charge in [0.15, 0.2) is 0 Å².